The van der Waals surface area contributed by atoms with E-state index in [1.54, 1.807) is 42.8 Å². The molecule has 3 atom stereocenters. The van der Waals surface area contributed by atoms with E-state index in [-0.39, 0.29) is 34.7 Å². The van der Waals surface area contributed by atoms with Gasteiger partial charge in [-0.1, -0.05) is 6.92 Å². The molecular formula is C22H33N5O5S. The van der Waals surface area contributed by atoms with E-state index in [0.717, 1.165) is 6.54 Å². The van der Waals surface area contributed by atoms with Crippen molar-refractivity contribution in [3.8, 4) is 5.75 Å². The van der Waals surface area contributed by atoms with E-state index in [9.17, 15) is 13.2 Å². The maximum atomic E-state index is 13.2. The van der Waals surface area contributed by atoms with Gasteiger partial charge in [-0.2, -0.15) is 8.42 Å². The van der Waals surface area contributed by atoms with Crippen LogP contribution in [0.1, 0.15) is 24.2 Å². The third kappa shape index (κ3) is 5.84. The topological polar surface area (TPSA) is 106 Å². The number of hydrogen-bond donors (Lipinski definition) is 1. The first-order valence-electron chi connectivity index (χ1n) is 10.8. The Kier molecular flexibility index (Phi) is 7.65. The molecule has 1 aromatic carbocycles. The van der Waals surface area contributed by atoms with Gasteiger partial charge in [0.05, 0.1) is 23.7 Å². The number of benzene rings is 1. The van der Waals surface area contributed by atoms with Crippen LogP contribution < -0.4 is 9.46 Å². The Labute approximate surface area is 195 Å². The van der Waals surface area contributed by atoms with Crippen molar-refractivity contribution in [2.24, 2.45) is 13.0 Å². The third-order valence-electron chi connectivity index (χ3n) is 5.97. The van der Waals surface area contributed by atoms with Crippen molar-refractivity contribution in [1.29, 1.82) is 0 Å². The summed E-state index contributed by atoms with van der Waals surface area (Å²) >= 11 is 0. The maximum absolute atomic E-state index is 13.2. The molecule has 1 aromatic heterocycles. The molecule has 1 aliphatic rings. The van der Waals surface area contributed by atoms with E-state index in [4.69, 9.17) is 9.47 Å². The third-order valence-corrected chi connectivity index (χ3v) is 7.23. The minimum atomic E-state index is -3.88. The van der Waals surface area contributed by atoms with Gasteiger partial charge >= 0.3 is 0 Å². The molecule has 0 saturated heterocycles. The van der Waals surface area contributed by atoms with Crippen LogP contribution in [0.4, 0.5) is 5.69 Å². The molecular weight excluding hydrogens is 446 g/mol. The number of imidazole rings is 1. The average molecular weight is 480 g/mol. The molecule has 0 unspecified atom stereocenters. The fourth-order valence-corrected chi connectivity index (χ4v) is 4.78. The Hall–Kier alpha value is -2.63. The highest BCUT2D eigenvalue weighted by molar-refractivity contribution is 7.92. The van der Waals surface area contributed by atoms with Crippen LogP contribution in [0.5, 0.6) is 5.75 Å². The molecule has 10 nitrogen and oxygen atoms in total. The Morgan fingerprint density at radius 2 is 1.91 bits per heavy atom. The number of nitrogens with zero attached hydrogens (tertiary/aromatic N) is 4. The highest BCUT2D eigenvalue weighted by atomic mass is 32.2. The van der Waals surface area contributed by atoms with Crippen LogP contribution >= 0.6 is 0 Å². The molecule has 0 bridgehead atoms. The van der Waals surface area contributed by atoms with Crippen molar-refractivity contribution in [3.63, 3.8) is 0 Å². The fraction of sp³-hybridized carbons (Fsp3) is 0.545. The second-order valence-corrected chi connectivity index (χ2v) is 10.4. The van der Waals surface area contributed by atoms with E-state index in [0.29, 0.717) is 24.5 Å². The molecule has 0 aliphatic carbocycles. The first-order valence-corrected chi connectivity index (χ1v) is 12.3. The van der Waals surface area contributed by atoms with E-state index >= 15 is 0 Å². The number of amides is 1. The number of ether oxygens (including phenoxy) is 2. The molecule has 3 rings (SSSR count). The zero-order valence-electron chi connectivity index (χ0n) is 20.0. The lowest BCUT2D eigenvalue weighted by molar-refractivity contribution is 0.0150. The quantitative estimate of drug-likeness (QED) is 0.711. The number of fused-ring (bicyclic) bond motifs is 1. The van der Waals surface area contributed by atoms with Crippen molar-refractivity contribution in [1.82, 2.24) is 19.4 Å². The normalized spacial score (nSPS) is 23.3. The molecule has 182 valence electrons. The average Bonchev–Trinajstić information content (AvgIpc) is 3.21. The number of nitrogens with one attached hydrogen (secondary N) is 1. The van der Waals surface area contributed by atoms with Gasteiger partial charge in [-0.25, -0.2) is 4.98 Å². The number of anilines is 1. The molecule has 1 amide bonds. The van der Waals surface area contributed by atoms with Crippen molar-refractivity contribution < 1.29 is 22.7 Å². The fourth-order valence-electron chi connectivity index (χ4n) is 3.75. The number of carbonyl (C=O) groups excluding carboxylic acids is 1. The number of aryl methyl sites for hydroxylation is 1. The lowest BCUT2D eigenvalue weighted by Gasteiger charge is -2.34. The summed E-state index contributed by atoms with van der Waals surface area (Å²) in [5, 5.41) is -0.0931. The molecule has 33 heavy (non-hydrogen) atoms. The molecule has 0 fully saturated rings. The first-order chi connectivity index (χ1) is 15.5. The summed E-state index contributed by atoms with van der Waals surface area (Å²) in [6.07, 6.45) is 2.70. The largest absolute Gasteiger partial charge is 0.491 e. The van der Waals surface area contributed by atoms with Gasteiger partial charge in [0.25, 0.3) is 15.9 Å². The summed E-state index contributed by atoms with van der Waals surface area (Å²) < 4.78 is 41.1. The monoisotopic (exact) mass is 479 g/mol. The van der Waals surface area contributed by atoms with Gasteiger partial charge in [0, 0.05) is 52.6 Å². The molecule has 1 aliphatic heterocycles. The highest BCUT2D eigenvalue weighted by Gasteiger charge is 2.27. The molecule has 11 heteroatoms. The molecule has 2 heterocycles. The predicted octanol–water partition coefficient (Wildman–Crippen LogP) is 1.66. The van der Waals surface area contributed by atoms with Crippen LogP contribution in [0.2, 0.25) is 0 Å². The summed E-state index contributed by atoms with van der Waals surface area (Å²) in [6, 6.07) is 4.73. The SMILES string of the molecule is CO[C@@H]1CN(C)C(=O)c2ccc(NS(=O)(=O)c3cn(C)cn3)cc2OC[C@@H](C)N(C)C[C@H]1C. The second-order valence-electron chi connectivity index (χ2n) is 8.73. The van der Waals surface area contributed by atoms with Crippen molar-refractivity contribution in [2.45, 2.75) is 31.0 Å². The number of rotatable bonds is 4. The zero-order chi connectivity index (χ0) is 24.3. The van der Waals surface area contributed by atoms with Crippen LogP contribution in [0, 0.1) is 5.92 Å². The van der Waals surface area contributed by atoms with E-state index in [2.05, 4.69) is 21.5 Å². The molecule has 0 radical (unpaired) electrons. The minimum Gasteiger partial charge on any atom is -0.491 e. The summed E-state index contributed by atoms with van der Waals surface area (Å²) in [5.41, 5.74) is 0.641. The Bertz CT molecular complexity index is 1090. The molecule has 2 aromatic rings. The highest BCUT2D eigenvalue weighted by Crippen LogP contribution is 2.27. The number of likely N-dealkylation sites (N-methyl/N-ethyl adjacent to an activating group) is 2. The van der Waals surface area contributed by atoms with Crippen molar-refractivity contribution >= 4 is 21.6 Å². The van der Waals surface area contributed by atoms with E-state index in [1.165, 1.54) is 18.6 Å². The minimum absolute atomic E-state index is 0.0685. The van der Waals surface area contributed by atoms with Crippen LogP contribution in [0.25, 0.3) is 0 Å². The predicted molar refractivity (Wildman–Crippen MR) is 125 cm³/mol. The zero-order valence-corrected chi connectivity index (χ0v) is 20.8. The van der Waals surface area contributed by atoms with E-state index < -0.39 is 10.0 Å². The maximum Gasteiger partial charge on any atom is 0.280 e. The van der Waals surface area contributed by atoms with Crippen molar-refractivity contribution in [3.05, 3.63) is 36.3 Å². The first kappa shape index (κ1) is 25.0. The molecule has 0 spiro atoms. The van der Waals surface area contributed by atoms with Gasteiger partial charge in [-0.15, -0.1) is 0 Å². The van der Waals surface area contributed by atoms with Gasteiger partial charge in [0.15, 0.2) is 5.03 Å². The van der Waals surface area contributed by atoms with Gasteiger partial charge in [-0.05, 0) is 32.0 Å². The van der Waals surface area contributed by atoms with Gasteiger partial charge < -0.3 is 18.9 Å². The Morgan fingerprint density at radius 3 is 2.55 bits per heavy atom. The number of methoxy groups -OCH3 is 1. The van der Waals surface area contributed by atoms with Crippen LogP contribution in [-0.4, -0.2) is 86.7 Å². The summed E-state index contributed by atoms with van der Waals surface area (Å²) in [6.45, 7) is 5.69. The van der Waals surface area contributed by atoms with Gasteiger partial charge in [0.1, 0.15) is 12.4 Å². The summed E-state index contributed by atoms with van der Waals surface area (Å²) in [4.78, 5) is 20.9. The van der Waals surface area contributed by atoms with Gasteiger partial charge in [0.2, 0.25) is 0 Å². The Balaban J connectivity index is 1.94. The number of hydrogen-bond acceptors (Lipinski definition) is 7. The van der Waals surface area contributed by atoms with E-state index in [1.807, 2.05) is 14.0 Å². The number of aromatic nitrogens is 2. The van der Waals surface area contributed by atoms with Crippen LogP contribution in [0.3, 0.4) is 0 Å². The van der Waals surface area contributed by atoms with Gasteiger partial charge in [-0.3, -0.25) is 14.4 Å². The van der Waals surface area contributed by atoms with Crippen molar-refractivity contribution in [2.75, 3.05) is 45.6 Å². The molecule has 0 saturated carbocycles. The standard InChI is InChI=1S/C22H33N5O5S/c1-15-10-26(4)16(2)13-32-19-9-17(24-33(29,30)21-12-25(3)14-23-21)7-8-18(19)22(28)27(5)11-20(15)31-6/h7-9,12,14-16,20,24H,10-11,13H2,1-6H3/t15-,16-,20-/m1/s1. The summed E-state index contributed by atoms with van der Waals surface area (Å²) in [5.74, 6) is 0.302. The number of carbonyl (C=O) groups is 1. The van der Waals surface area contributed by atoms with Crippen LogP contribution in [0.15, 0.2) is 35.7 Å². The smallest absolute Gasteiger partial charge is 0.280 e. The second kappa shape index (κ2) is 10.1. The lowest BCUT2D eigenvalue weighted by Crippen LogP contribution is -2.45. The summed E-state index contributed by atoms with van der Waals surface area (Å²) in [7, 11) is 3.22. The molecule has 1 N–H and O–H groups in total. The number of sulfonamides is 1. The van der Waals surface area contributed by atoms with Crippen LogP contribution in [-0.2, 0) is 21.8 Å². The lowest BCUT2D eigenvalue weighted by atomic mass is 10.0. The Morgan fingerprint density at radius 1 is 1.18 bits per heavy atom.